The fourth-order valence-corrected chi connectivity index (χ4v) is 0.919. The van der Waals surface area contributed by atoms with E-state index in [1.165, 1.54) is 0 Å². The second-order valence-corrected chi connectivity index (χ2v) is 2.29. The Bertz CT molecular complexity index is 128. The van der Waals surface area contributed by atoms with Crippen molar-refractivity contribution in [3.63, 3.8) is 0 Å². The van der Waals surface area contributed by atoms with E-state index >= 15 is 0 Å². The molecule has 10 heavy (non-hydrogen) atoms. The van der Waals surface area contributed by atoms with Crippen molar-refractivity contribution in [1.29, 1.82) is 0 Å². The molecule has 0 heterocycles. The molecular weight excluding hydrogens is 171 g/mol. The van der Waals surface area contributed by atoms with Gasteiger partial charge in [-0.05, 0) is 6.92 Å². The third-order valence-corrected chi connectivity index (χ3v) is 1.69. The van der Waals surface area contributed by atoms with E-state index in [2.05, 4.69) is 31.2 Å². The average Bonchev–Trinajstić information content (AvgIpc) is 2.37. The molecule has 0 spiro atoms. The molecule has 1 unspecified atom stereocenters. The molecule has 0 amide bonds. The van der Waals surface area contributed by atoms with E-state index < -0.39 is 0 Å². The molecule has 1 atom stereocenters. The molecule has 1 aliphatic carbocycles. The Hall–Kier alpha value is -0.0535. The molecule has 0 aliphatic heterocycles. The van der Waals surface area contributed by atoms with E-state index in [4.69, 9.17) is 4.74 Å². The Morgan fingerprint density at radius 2 is 1.80 bits per heavy atom. The minimum atomic E-state index is 0. The summed E-state index contributed by atoms with van der Waals surface area (Å²) in [6.07, 6.45) is 8.72. The zero-order chi connectivity index (χ0) is 6.69. The Morgan fingerprint density at radius 3 is 2.20 bits per heavy atom. The molecule has 59 valence electrons. The first-order valence-electron chi connectivity index (χ1n) is 3.22. The van der Waals surface area contributed by atoms with Crippen molar-refractivity contribution in [2.75, 3.05) is 7.11 Å². The van der Waals surface area contributed by atoms with Gasteiger partial charge in [-0.15, -0.1) is 0 Å². The molecule has 0 aromatic carbocycles. The molecule has 1 nitrogen and oxygen atoms in total. The molecule has 1 aliphatic rings. The minimum absolute atomic E-state index is 0. The minimum Gasteiger partial charge on any atom is -0.381 e. The molecule has 2 heteroatoms. The predicted octanol–water partition coefficient (Wildman–Crippen LogP) is 1.76. The van der Waals surface area contributed by atoms with Crippen LogP contribution in [0.15, 0.2) is 24.3 Å². The maximum Gasteiger partial charge on any atom is 0.0640 e. The molecule has 0 aromatic rings. The van der Waals surface area contributed by atoms with Gasteiger partial charge in [0.15, 0.2) is 0 Å². The van der Waals surface area contributed by atoms with Crippen LogP contribution in [0.4, 0.5) is 0 Å². The molecule has 0 bridgehead atoms. The fourth-order valence-electron chi connectivity index (χ4n) is 0.919. The van der Waals surface area contributed by atoms with Crippen LogP contribution in [0.2, 0.25) is 0 Å². The predicted molar refractivity (Wildman–Crippen MR) is 38.2 cm³/mol. The van der Waals surface area contributed by atoms with Gasteiger partial charge < -0.3 is 4.74 Å². The first kappa shape index (κ1) is 9.95. The van der Waals surface area contributed by atoms with Gasteiger partial charge in [-0.2, -0.15) is 0 Å². The van der Waals surface area contributed by atoms with Gasteiger partial charge in [0.1, 0.15) is 0 Å². The van der Waals surface area contributed by atoms with Crippen molar-refractivity contribution in [2.45, 2.75) is 13.0 Å². The standard InChI is InChI=1S/C8H12O.Co/c1-7(9-2)8-5-3-4-6-8;/h3-8H,1-2H3;. The SMILES string of the molecule is COC(C)C1C=CC=C1.[Co]. The smallest absolute Gasteiger partial charge is 0.0640 e. The molecule has 0 aromatic heterocycles. The Balaban J connectivity index is 0.000000810. The molecule has 1 rings (SSSR count). The number of ether oxygens (including phenoxy) is 1. The molecule has 0 N–H and O–H groups in total. The summed E-state index contributed by atoms with van der Waals surface area (Å²) >= 11 is 0. The summed E-state index contributed by atoms with van der Waals surface area (Å²) in [5.41, 5.74) is 0. The third-order valence-electron chi connectivity index (χ3n) is 1.69. The summed E-state index contributed by atoms with van der Waals surface area (Å²) in [5, 5.41) is 0. The summed E-state index contributed by atoms with van der Waals surface area (Å²) in [6.45, 7) is 2.07. The molecular formula is C8H12CoO. The maximum atomic E-state index is 5.13. The van der Waals surface area contributed by atoms with Gasteiger partial charge >= 0.3 is 0 Å². The van der Waals surface area contributed by atoms with Crippen LogP contribution in [0.25, 0.3) is 0 Å². The first-order valence-corrected chi connectivity index (χ1v) is 3.22. The van der Waals surface area contributed by atoms with E-state index in [0.29, 0.717) is 12.0 Å². The van der Waals surface area contributed by atoms with Gasteiger partial charge in [0.05, 0.1) is 6.10 Å². The quantitative estimate of drug-likeness (QED) is 0.633. The van der Waals surface area contributed by atoms with E-state index in [1.807, 2.05) is 0 Å². The number of hydrogen-bond acceptors (Lipinski definition) is 1. The van der Waals surface area contributed by atoms with Crippen LogP contribution in [0.3, 0.4) is 0 Å². The van der Waals surface area contributed by atoms with Crippen molar-refractivity contribution in [3.05, 3.63) is 24.3 Å². The van der Waals surface area contributed by atoms with Gasteiger partial charge in [-0.3, -0.25) is 0 Å². The number of rotatable bonds is 2. The van der Waals surface area contributed by atoms with E-state index in [1.54, 1.807) is 7.11 Å². The zero-order valence-electron chi connectivity index (χ0n) is 6.21. The fraction of sp³-hybridized carbons (Fsp3) is 0.500. The van der Waals surface area contributed by atoms with E-state index in [-0.39, 0.29) is 16.8 Å². The van der Waals surface area contributed by atoms with Crippen LogP contribution in [0.5, 0.6) is 0 Å². The van der Waals surface area contributed by atoms with Gasteiger partial charge in [-0.25, -0.2) is 0 Å². The van der Waals surface area contributed by atoms with Crippen molar-refractivity contribution >= 4 is 0 Å². The topological polar surface area (TPSA) is 9.23 Å². The van der Waals surface area contributed by atoms with Crippen LogP contribution >= 0.6 is 0 Å². The van der Waals surface area contributed by atoms with Crippen LogP contribution in [-0.2, 0) is 21.5 Å². The molecule has 0 fully saturated rings. The summed E-state index contributed by atoms with van der Waals surface area (Å²) in [7, 11) is 1.74. The Kier molecular flexibility index (Phi) is 4.69. The summed E-state index contributed by atoms with van der Waals surface area (Å²) < 4.78 is 5.13. The van der Waals surface area contributed by atoms with Gasteiger partial charge in [-0.1, -0.05) is 24.3 Å². The monoisotopic (exact) mass is 183 g/mol. The van der Waals surface area contributed by atoms with Crippen LogP contribution in [-0.4, -0.2) is 13.2 Å². The first-order chi connectivity index (χ1) is 4.34. The van der Waals surface area contributed by atoms with E-state index in [0.717, 1.165) is 0 Å². The van der Waals surface area contributed by atoms with E-state index in [9.17, 15) is 0 Å². The summed E-state index contributed by atoms with van der Waals surface area (Å²) in [5.74, 6) is 0.495. The van der Waals surface area contributed by atoms with Crippen LogP contribution in [0, 0.1) is 5.92 Å². The van der Waals surface area contributed by atoms with Crippen LogP contribution in [0.1, 0.15) is 6.92 Å². The molecule has 1 radical (unpaired) electrons. The number of hydrogen-bond donors (Lipinski definition) is 0. The Labute approximate surface area is 72.3 Å². The zero-order valence-corrected chi connectivity index (χ0v) is 7.25. The van der Waals surface area contributed by atoms with Crippen LogP contribution < -0.4 is 0 Å². The Morgan fingerprint density at radius 1 is 1.30 bits per heavy atom. The van der Waals surface area contributed by atoms with Crippen molar-refractivity contribution < 1.29 is 21.5 Å². The number of allylic oxidation sites excluding steroid dienone is 2. The summed E-state index contributed by atoms with van der Waals surface area (Å²) in [6, 6.07) is 0. The third kappa shape index (κ3) is 2.29. The average molecular weight is 183 g/mol. The molecule has 0 saturated carbocycles. The normalized spacial score (nSPS) is 19.0. The van der Waals surface area contributed by atoms with Gasteiger partial charge in [0.25, 0.3) is 0 Å². The second-order valence-electron chi connectivity index (χ2n) is 2.29. The summed E-state index contributed by atoms with van der Waals surface area (Å²) in [4.78, 5) is 0. The largest absolute Gasteiger partial charge is 0.381 e. The number of methoxy groups -OCH3 is 1. The van der Waals surface area contributed by atoms with Gasteiger partial charge in [0.2, 0.25) is 0 Å². The molecule has 0 saturated heterocycles. The van der Waals surface area contributed by atoms with Crippen molar-refractivity contribution in [1.82, 2.24) is 0 Å². The van der Waals surface area contributed by atoms with Crippen molar-refractivity contribution in [2.24, 2.45) is 5.92 Å². The van der Waals surface area contributed by atoms with Gasteiger partial charge in [0, 0.05) is 29.8 Å². The van der Waals surface area contributed by atoms with Crippen molar-refractivity contribution in [3.8, 4) is 0 Å². The second kappa shape index (κ2) is 4.71. The maximum absolute atomic E-state index is 5.13.